The molecule has 1 fully saturated rings. The number of carbonyl (C=O) groups is 1. The van der Waals surface area contributed by atoms with E-state index in [4.69, 9.17) is 0 Å². The van der Waals surface area contributed by atoms with Crippen molar-refractivity contribution in [2.24, 2.45) is 13.0 Å². The number of amides is 1. The van der Waals surface area contributed by atoms with Crippen molar-refractivity contribution in [3.05, 3.63) is 63.0 Å². The molecule has 1 N–H and O–H groups in total. The Kier molecular flexibility index (Phi) is 3.68. The molecule has 1 saturated carbocycles. The Hall–Kier alpha value is -1.88. The maximum atomic E-state index is 12.2. The molecule has 5 heteroatoms. The molecule has 1 aliphatic rings. The second kappa shape index (κ2) is 5.48. The number of carbonyl (C=O) groups excluding carboxylic acids is 1. The summed E-state index contributed by atoms with van der Waals surface area (Å²) >= 11 is 3.41. The number of hydrogen-bond donors (Lipinski definition) is 1. The fraction of sp³-hybridized carbons (Fsp3) is 0.250. The summed E-state index contributed by atoms with van der Waals surface area (Å²) in [5, 5.41) is 2.88. The van der Waals surface area contributed by atoms with E-state index in [1.54, 1.807) is 19.3 Å². The van der Waals surface area contributed by atoms with E-state index in [1.807, 2.05) is 24.3 Å². The molecule has 1 aromatic heterocycles. The molecule has 0 saturated heterocycles. The molecule has 0 radical (unpaired) electrons. The van der Waals surface area contributed by atoms with Gasteiger partial charge in [-0.15, -0.1) is 0 Å². The number of nitrogens with one attached hydrogen (secondary N) is 1. The first-order chi connectivity index (χ1) is 10.0. The number of anilines is 1. The maximum Gasteiger partial charge on any atom is 0.250 e. The summed E-state index contributed by atoms with van der Waals surface area (Å²) in [5.41, 5.74) is 1.76. The Balaban J connectivity index is 1.66. The third kappa shape index (κ3) is 3.08. The fourth-order valence-corrected chi connectivity index (χ4v) is 2.73. The minimum atomic E-state index is -0.0906. The molecule has 1 aliphatic carbocycles. The van der Waals surface area contributed by atoms with Crippen LogP contribution < -0.4 is 10.9 Å². The van der Waals surface area contributed by atoms with Gasteiger partial charge in [0.25, 0.3) is 0 Å². The van der Waals surface area contributed by atoms with Crippen LogP contribution in [0.4, 0.5) is 5.69 Å². The zero-order chi connectivity index (χ0) is 15.0. The van der Waals surface area contributed by atoms with Gasteiger partial charge in [0.15, 0.2) is 0 Å². The molecule has 0 spiro atoms. The summed E-state index contributed by atoms with van der Waals surface area (Å²) in [6.45, 7) is 0. The lowest BCUT2D eigenvalue weighted by Gasteiger charge is -2.06. The standard InChI is InChI=1S/C16H15BrN2O2/c1-19-9-12(6-7-15(19)20)18-16(21)14-8-13(14)10-2-4-11(17)5-3-10/h2-7,9,13-14H,8H2,1H3,(H,18,21)/t13-,14-/m1/s1. The molecule has 3 rings (SSSR count). The summed E-state index contributed by atoms with van der Waals surface area (Å²) < 4.78 is 2.49. The van der Waals surface area contributed by atoms with Crippen molar-refractivity contribution in [1.29, 1.82) is 0 Å². The lowest BCUT2D eigenvalue weighted by molar-refractivity contribution is -0.117. The number of hydrogen-bond acceptors (Lipinski definition) is 2. The minimum absolute atomic E-state index is 0.0153. The van der Waals surface area contributed by atoms with Gasteiger partial charge < -0.3 is 9.88 Å². The van der Waals surface area contributed by atoms with Crippen molar-refractivity contribution in [1.82, 2.24) is 4.57 Å². The van der Waals surface area contributed by atoms with Crippen LogP contribution in [0.15, 0.2) is 51.9 Å². The first-order valence-electron chi connectivity index (χ1n) is 6.77. The average molecular weight is 347 g/mol. The number of aromatic nitrogens is 1. The molecule has 1 heterocycles. The van der Waals surface area contributed by atoms with Crippen LogP contribution in [0, 0.1) is 5.92 Å². The van der Waals surface area contributed by atoms with E-state index in [1.165, 1.54) is 16.2 Å². The Morgan fingerprint density at radius 1 is 1.24 bits per heavy atom. The molecular formula is C16H15BrN2O2. The largest absolute Gasteiger partial charge is 0.325 e. The molecule has 0 unspecified atom stereocenters. The molecule has 108 valence electrons. The van der Waals surface area contributed by atoms with Crippen molar-refractivity contribution in [2.45, 2.75) is 12.3 Å². The number of rotatable bonds is 3. The van der Waals surface area contributed by atoms with Crippen LogP contribution in [0.1, 0.15) is 17.9 Å². The van der Waals surface area contributed by atoms with Gasteiger partial charge in [-0.2, -0.15) is 0 Å². The minimum Gasteiger partial charge on any atom is -0.325 e. The van der Waals surface area contributed by atoms with Gasteiger partial charge in [0.1, 0.15) is 0 Å². The first-order valence-corrected chi connectivity index (χ1v) is 7.57. The highest BCUT2D eigenvalue weighted by Crippen LogP contribution is 2.48. The van der Waals surface area contributed by atoms with Gasteiger partial charge >= 0.3 is 0 Å². The molecule has 1 amide bonds. The molecule has 21 heavy (non-hydrogen) atoms. The highest BCUT2D eigenvalue weighted by Gasteiger charge is 2.43. The predicted octanol–water partition coefficient (Wildman–Crippen LogP) is 2.89. The van der Waals surface area contributed by atoms with E-state index in [-0.39, 0.29) is 17.4 Å². The number of nitrogens with zero attached hydrogens (tertiary/aromatic N) is 1. The molecule has 0 aliphatic heterocycles. The molecule has 4 nitrogen and oxygen atoms in total. The van der Waals surface area contributed by atoms with Crippen molar-refractivity contribution in [3.8, 4) is 0 Å². The van der Waals surface area contributed by atoms with E-state index < -0.39 is 0 Å². The molecular weight excluding hydrogens is 332 g/mol. The summed E-state index contributed by atoms with van der Waals surface area (Å²) in [5.74, 6) is 0.329. The third-order valence-corrected chi connectivity index (χ3v) is 4.31. The highest BCUT2D eigenvalue weighted by atomic mass is 79.9. The zero-order valence-electron chi connectivity index (χ0n) is 11.5. The summed E-state index contributed by atoms with van der Waals surface area (Å²) in [6, 6.07) is 11.2. The number of halogens is 1. The lowest BCUT2D eigenvalue weighted by Crippen LogP contribution is -2.19. The van der Waals surface area contributed by atoms with Crippen molar-refractivity contribution in [3.63, 3.8) is 0 Å². The summed E-state index contributed by atoms with van der Waals surface area (Å²) in [6.07, 6.45) is 2.51. The van der Waals surface area contributed by atoms with Gasteiger partial charge in [-0.1, -0.05) is 28.1 Å². The Labute approximate surface area is 130 Å². The van der Waals surface area contributed by atoms with Crippen LogP contribution in [-0.2, 0) is 11.8 Å². The topological polar surface area (TPSA) is 51.1 Å². The quantitative estimate of drug-likeness (QED) is 0.928. The van der Waals surface area contributed by atoms with E-state index >= 15 is 0 Å². The van der Waals surface area contributed by atoms with Crippen molar-refractivity contribution in [2.75, 3.05) is 5.32 Å². The van der Waals surface area contributed by atoms with E-state index in [0.29, 0.717) is 11.6 Å². The fourth-order valence-electron chi connectivity index (χ4n) is 2.47. The molecule has 2 aromatic rings. The molecule has 2 atom stereocenters. The maximum absolute atomic E-state index is 12.2. The SMILES string of the molecule is Cn1cc(NC(=O)[C@@H]2C[C@@H]2c2ccc(Br)cc2)ccc1=O. The number of pyridine rings is 1. The van der Waals surface area contributed by atoms with Crippen LogP contribution in [-0.4, -0.2) is 10.5 Å². The van der Waals surface area contributed by atoms with E-state index in [0.717, 1.165) is 10.9 Å². The predicted molar refractivity (Wildman–Crippen MR) is 85.3 cm³/mol. The van der Waals surface area contributed by atoms with Crippen LogP contribution in [0.5, 0.6) is 0 Å². The Morgan fingerprint density at radius 3 is 2.62 bits per heavy atom. The van der Waals surface area contributed by atoms with Gasteiger partial charge in [-0.05, 0) is 36.1 Å². The summed E-state index contributed by atoms with van der Waals surface area (Å²) in [7, 11) is 1.67. The van der Waals surface area contributed by atoms with Crippen LogP contribution >= 0.6 is 15.9 Å². The van der Waals surface area contributed by atoms with Gasteiger partial charge in [-0.25, -0.2) is 0 Å². The highest BCUT2D eigenvalue weighted by molar-refractivity contribution is 9.10. The monoisotopic (exact) mass is 346 g/mol. The third-order valence-electron chi connectivity index (χ3n) is 3.78. The second-order valence-electron chi connectivity index (χ2n) is 5.36. The average Bonchev–Trinajstić information content (AvgIpc) is 3.24. The number of aryl methyl sites for hydroxylation is 1. The lowest BCUT2D eigenvalue weighted by atomic mass is 10.1. The van der Waals surface area contributed by atoms with Gasteiger partial charge in [0.05, 0.1) is 5.69 Å². The molecule has 0 bridgehead atoms. The normalized spacial score (nSPS) is 20.1. The first kappa shape index (κ1) is 14.1. The van der Waals surface area contributed by atoms with Crippen LogP contribution in [0.25, 0.3) is 0 Å². The Morgan fingerprint density at radius 2 is 1.95 bits per heavy atom. The smallest absolute Gasteiger partial charge is 0.250 e. The number of benzene rings is 1. The van der Waals surface area contributed by atoms with Gasteiger partial charge in [0, 0.05) is 29.7 Å². The van der Waals surface area contributed by atoms with Crippen LogP contribution in [0.3, 0.4) is 0 Å². The van der Waals surface area contributed by atoms with Gasteiger partial charge in [-0.3, -0.25) is 9.59 Å². The van der Waals surface area contributed by atoms with Gasteiger partial charge in [0.2, 0.25) is 11.5 Å². The van der Waals surface area contributed by atoms with Crippen molar-refractivity contribution < 1.29 is 4.79 Å². The Bertz CT molecular complexity index is 737. The van der Waals surface area contributed by atoms with E-state index in [2.05, 4.69) is 21.2 Å². The van der Waals surface area contributed by atoms with Crippen molar-refractivity contribution >= 4 is 27.5 Å². The zero-order valence-corrected chi connectivity index (χ0v) is 13.1. The summed E-state index contributed by atoms with van der Waals surface area (Å²) in [4.78, 5) is 23.5. The molecule has 1 aromatic carbocycles. The van der Waals surface area contributed by atoms with E-state index in [9.17, 15) is 9.59 Å². The second-order valence-corrected chi connectivity index (χ2v) is 6.27. The van der Waals surface area contributed by atoms with Crippen LogP contribution in [0.2, 0.25) is 0 Å².